The summed E-state index contributed by atoms with van der Waals surface area (Å²) < 4.78 is 5.75. The van der Waals surface area contributed by atoms with Crippen molar-refractivity contribution in [2.75, 3.05) is 6.54 Å². The van der Waals surface area contributed by atoms with Crippen LogP contribution in [0.3, 0.4) is 0 Å². The first-order chi connectivity index (χ1) is 9.81. The van der Waals surface area contributed by atoms with E-state index in [9.17, 15) is 4.79 Å². The van der Waals surface area contributed by atoms with Gasteiger partial charge in [-0.15, -0.1) is 0 Å². The zero-order chi connectivity index (χ0) is 13.5. The average Bonchev–Trinajstić information content (AvgIpc) is 2.91. The third-order valence-electron chi connectivity index (χ3n) is 3.60. The highest BCUT2D eigenvalue weighted by atomic mass is 16.3. The molecule has 3 heterocycles. The van der Waals surface area contributed by atoms with Crippen LogP contribution in [0.4, 0.5) is 0 Å². The van der Waals surface area contributed by atoms with Gasteiger partial charge >= 0.3 is 0 Å². The molecule has 0 saturated carbocycles. The molecule has 100 valence electrons. The minimum atomic E-state index is -0.0855. The van der Waals surface area contributed by atoms with Crippen molar-refractivity contribution < 1.29 is 4.42 Å². The molecule has 0 amide bonds. The molecule has 20 heavy (non-hydrogen) atoms. The molecule has 3 aromatic rings. The Hall–Kier alpha value is -2.40. The lowest BCUT2D eigenvalue weighted by atomic mass is 10.1. The van der Waals surface area contributed by atoms with Gasteiger partial charge in [0, 0.05) is 24.9 Å². The molecule has 1 aromatic carbocycles. The van der Waals surface area contributed by atoms with E-state index in [1.54, 1.807) is 0 Å². The van der Waals surface area contributed by atoms with E-state index < -0.39 is 0 Å². The number of nitrogens with one attached hydrogen (secondary N) is 2. The summed E-state index contributed by atoms with van der Waals surface area (Å²) in [7, 11) is 0. The van der Waals surface area contributed by atoms with Crippen molar-refractivity contribution in [2.45, 2.75) is 13.0 Å². The van der Waals surface area contributed by atoms with Gasteiger partial charge in [0.15, 0.2) is 11.6 Å². The first-order valence-electron chi connectivity index (χ1n) is 6.63. The lowest BCUT2D eigenvalue weighted by Gasteiger charge is -2.15. The Kier molecular flexibility index (Phi) is 2.47. The van der Waals surface area contributed by atoms with Crippen molar-refractivity contribution in [1.29, 1.82) is 0 Å². The summed E-state index contributed by atoms with van der Waals surface area (Å²) in [5.74, 6) is 1.11. The second kappa shape index (κ2) is 4.31. The standard InChI is InChI=1S/C15H13N3O2/c19-15-10-8-16-6-5-11(10)17-14(18-15)13-7-9-3-1-2-4-12(9)20-13/h1-4,7,16H,5-6,8H2,(H,17,18,19). The second-order valence-corrected chi connectivity index (χ2v) is 4.92. The van der Waals surface area contributed by atoms with Gasteiger partial charge in [-0.25, -0.2) is 4.98 Å². The molecule has 0 saturated heterocycles. The maximum Gasteiger partial charge on any atom is 0.255 e. The highest BCUT2D eigenvalue weighted by Gasteiger charge is 2.17. The molecule has 0 spiro atoms. The summed E-state index contributed by atoms with van der Waals surface area (Å²) in [6.07, 6.45) is 0.770. The van der Waals surface area contributed by atoms with Crippen LogP contribution >= 0.6 is 0 Å². The Morgan fingerprint density at radius 2 is 2.15 bits per heavy atom. The number of aromatic amines is 1. The van der Waals surface area contributed by atoms with Crippen LogP contribution in [-0.2, 0) is 13.0 Å². The quantitative estimate of drug-likeness (QED) is 0.705. The molecule has 1 aliphatic heterocycles. The highest BCUT2D eigenvalue weighted by molar-refractivity contribution is 5.81. The zero-order valence-electron chi connectivity index (χ0n) is 10.8. The molecule has 0 aliphatic carbocycles. The van der Waals surface area contributed by atoms with Crippen LogP contribution in [-0.4, -0.2) is 16.5 Å². The number of rotatable bonds is 1. The number of fused-ring (bicyclic) bond motifs is 2. The van der Waals surface area contributed by atoms with Crippen molar-refractivity contribution in [3.8, 4) is 11.6 Å². The van der Waals surface area contributed by atoms with Crippen LogP contribution in [0.2, 0.25) is 0 Å². The van der Waals surface area contributed by atoms with Crippen LogP contribution in [0.1, 0.15) is 11.3 Å². The molecule has 0 bridgehead atoms. The van der Waals surface area contributed by atoms with Crippen molar-refractivity contribution in [1.82, 2.24) is 15.3 Å². The predicted octanol–water partition coefficient (Wildman–Crippen LogP) is 1.83. The monoisotopic (exact) mass is 267 g/mol. The van der Waals surface area contributed by atoms with Crippen LogP contribution in [0.15, 0.2) is 39.5 Å². The minimum Gasteiger partial charge on any atom is -0.453 e. The molecule has 1 aliphatic rings. The third kappa shape index (κ3) is 1.75. The second-order valence-electron chi connectivity index (χ2n) is 4.92. The van der Waals surface area contributed by atoms with E-state index >= 15 is 0 Å². The molecule has 0 radical (unpaired) electrons. The number of hydrogen-bond acceptors (Lipinski definition) is 4. The summed E-state index contributed by atoms with van der Waals surface area (Å²) >= 11 is 0. The molecule has 2 N–H and O–H groups in total. The summed E-state index contributed by atoms with van der Waals surface area (Å²) in [5.41, 5.74) is 2.31. The first-order valence-corrected chi connectivity index (χ1v) is 6.63. The average molecular weight is 267 g/mol. The van der Waals surface area contributed by atoms with Crippen molar-refractivity contribution >= 4 is 11.0 Å². The Balaban J connectivity index is 1.89. The lowest BCUT2D eigenvalue weighted by molar-refractivity contribution is 0.606. The zero-order valence-corrected chi connectivity index (χ0v) is 10.8. The van der Waals surface area contributed by atoms with Gasteiger partial charge in [-0.1, -0.05) is 18.2 Å². The van der Waals surface area contributed by atoms with Gasteiger partial charge in [0.1, 0.15) is 5.58 Å². The number of benzene rings is 1. The van der Waals surface area contributed by atoms with Gasteiger partial charge in [0.25, 0.3) is 5.56 Å². The number of furan rings is 1. The van der Waals surface area contributed by atoms with Crippen molar-refractivity contribution in [2.24, 2.45) is 0 Å². The van der Waals surface area contributed by atoms with E-state index in [2.05, 4.69) is 15.3 Å². The third-order valence-corrected chi connectivity index (χ3v) is 3.60. The van der Waals surface area contributed by atoms with Gasteiger partial charge in [-0.3, -0.25) is 4.79 Å². The number of para-hydroxylation sites is 1. The molecule has 0 fully saturated rings. The maximum absolute atomic E-state index is 12.1. The molecule has 0 unspecified atom stereocenters. The topological polar surface area (TPSA) is 70.9 Å². The fraction of sp³-hybridized carbons (Fsp3) is 0.200. The Labute approximate surface area is 114 Å². The molecule has 2 aromatic heterocycles. The molecule has 0 atom stereocenters. The molecule has 5 nitrogen and oxygen atoms in total. The van der Waals surface area contributed by atoms with Crippen molar-refractivity contribution in [3.05, 3.63) is 51.9 Å². The smallest absolute Gasteiger partial charge is 0.255 e. The normalized spacial score (nSPS) is 14.4. The fourth-order valence-corrected chi connectivity index (χ4v) is 2.57. The number of H-pyrrole nitrogens is 1. The minimum absolute atomic E-state index is 0.0855. The summed E-state index contributed by atoms with van der Waals surface area (Å²) in [4.78, 5) is 19.5. The van der Waals surface area contributed by atoms with Crippen LogP contribution in [0, 0.1) is 0 Å². The first kappa shape index (κ1) is 11.4. The number of aromatic nitrogens is 2. The predicted molar refractivity (Wildman–Crippen MR) is 75.5 cm³/mol. The Morgan fingerprint density at radius 1 is 1.25 bits per heavy atom. The largest absolute Gasteiger partial charge is 0.453 e. The fourth-order valence-electron chi connectivity index (χ4n) is 2.57. The maximum atomic E-state index is 12.1. The summed E-state index contributed by atoms with van der Waals surface area (Å²) in [6.45, 7) is 1.43. The van der Waals surface area contributed by atoms with E-state index in [1.165, 1.54) is 0 Å². The van der Waals surface area contributed by atoms with Gasteiger partial charge in [-0.05, 0) is 12.1 Å². The number of nitrogens with zero attached hydrogens (tertiary/aromatic N) is 1. The van der Waals surface area contributed by atoms with Crippen LogP contribution < -0.4 is 10.9 Å². The van der Waals surface area contributed by atoms with E-state index in [0.29, 0.717) is 18.1 Å². The van der Waals surface area contributed by atoms with Crippen LogP contribution in [0.25, 0.3) is 22.6 Å². The summed E-state index contributed by atoms with van der Waals surface area (Å²) in [5, 5.41) is 4.18. The van der Waals surface area contributed by atoms with Gasteiger partial charge in [0.05, 0.1) is 11.3 Å². The van der Waals surface area contributed by atoms with Gasteiger partial charge in [-0.2, -0.15) is 0 Å². The van der Waals surface area contributed by atoms with Gasteiger partial charge in [0.2, 0.25) is 0 Å². The summed E-state index contributed by atoms with van der Waals surface area (Å²) in [6, 6.07) is 9.66. The molecular weight excluding hydrogens is 254 g/mol. The van der Waals surface area contributed by atoms with Crippen molar-refractivity contribution in [3.63, 3.8) is 0 Å². The Morgan fingerprint density at radius 3 is 3.05 bits per heavy atom. The van der Waals surface area contributed by atoms with Gasteiger partial charge < -0.3 is 14.7 Å². The SMILES string of the molecule is O=c1[nH]c(-c2cc3ccccc3o2)nc2c1CNCC2. The highest BCUT2D eigenvalue weighted by Crippen LogP contribution is 2.25. The number of hydrogen-bond donors (Lipinski definition) is 2. The van der Waals surface area contributed by atoms with E-state index in [0.717, 1.165) is 35.2 Å². The van der Waals surface area contributed by atoms with Crippen LogP contribution in [0.5, 0.6) is 0 Å². The Bertz CT molecular complexity index is 815. The molecular formula is C15H13N3O2. The van der Waals surface area contributed by atoms with E-state index in [1.807, 2.05) is 30.3 Å². The lowest BCUT2D eigenvalue weighted by Crippen LogP contribution is -2.31. The molecule has 4 rings (SSSR count). The van der Waals surface area contributed by atoms with E-state index in [4.69, 9.17) is 4.42 Å². The van der Waals surface area contributed by atoms with E-state index in [-0.39, 0.29) is 5.56 Å². The molecule has 5 heteroatoms.